The van der Waals surface area contributed by atoms with E-state index in [1.807, 2.05) is 24.3 Å². The number of aromatic nitrogens is 2. The van der Waals surface area contributed by atoms with Gasteiger partial charge in [0.25, 0.3) is 0 Å². The predicted octanol–water partition coefficient (Wildman–Crippen LogP) is 5.03. The molecule has 160 valence electrons. The minimum Gasteiger partial charge on any atom is -0.326 e. The Balaban J connectivity index is 1.43. The second-order valence-corrected chi connectivity index (χ2v) is 10.7. The fraction of sp³-hybridized carbons (Fsp3) is 0.0833. The average molecular weight is 462 g/mol. The van der Waals surface area contributed by atoms with Crippen LogP contribution in [0.5, 0.6) is 0 Å². The second kappa shape index (κ2) is 7.89. The molecule has 0 bridgehead atoms. The number of hydrogen-bond donors (Lipinski definition) is 2. The summed E-state index contributed by atoms with van der Waals surface area (Å²) in [6.45, 7) is 0. The third-order valence-electron chi connectivity index (χ3n) is 5.24. The number of anilines is 1. The molecule has 8 heteroatoms. The van der Waals surface area contributed by atoms with Crippen LogP contribution in [0, 0.1) is 0 Å². The van der Waals surface area contributed by atoms with E-state index in [9.17, 15) is 13.2 Å². The van der Waals surface area contributed by atoms with Crippen molar-refractivity contribution in [2.24, 2.45) is 0 Å². The van der Waals surface area contributed by atoms with Crippen LogP contribution in [0.25, 0.3) is 31.4 Å². The first-order valence-corrected chi connectivity index (χ1v) is 12.6. The average Bonchev–Trinajstić information content (AvgIpc) is 3.39. The first-order chi connectivity index (χ1) is 15.4. The van der Waals surface area contributed by atoms with E-state index in [0.29, 0.717) is 5.69 Å². The highest BCUT2D eigenvalue weighted by Gasteiger charge is 2.14. The highest BCUT2D eigenvalue weighted by molar-refractivity contribution is 7.90. The molecule has 0 saturated carbocycles. The molecular weight excluding hydrogens is 442 g/mol. The topological polar surface area (TPSA) is 91.9 Å². The van der Waals surface area contributed by atoms with Gasteiger partial charge in [-0.3, -0.25) is 9.89 Å². The molecule has 3 aromatic carbocycles. The summed E-state index contributed by atoms with van der Waals surface area (Å²) < 4.78 is 24.4. The number of benzene rings is 3. The maximum atomic E-state index is 12.7. The van der Waals surface area contributed by atoms with Crippen molar-refractivity contribution in [2.75, 3.05) is 11.6 Å². The van der Waals surface area contributed by atoms with E-state index >= 15 is 0 Å². The van der Waals surface area contributed by atoms with Gasteiger partial charge >= 0.3 is 0 Å². The Kier molecular flexibility index (Phi) is 5.03. The molecule has 5 aromatic rings. The van der Waals surface area contributed by atoms with Crippen molar-refractivity contribution >= 4 is 53.8 Å². The summed E-state index contributed by atoms with van der Waals surface area (Å²) in [5.74, 6) is -0.178. The molecule has 6 nitrogen and oxygen atoms in total. The number of sulfone groups is 1. The molecule has 0 spiro atoms. The van der Waals surface area contributed by atoms with Crippen LogP contribution in [0.3, 0.4) is 0 Å². The Hall–Kier alpha value is -3.49. The van der Waals surface area contributed by atoms with Gasteiger partial charge in [0.2, 0.25) is 5.91 Å². The van der Waals surface area contributed by atoms with E-state index in [1.54, 1.807) is 29.7 Å². The van der Waals surface area contributed by atoms with Crippen molar-refractivity contribution in [3.8, 4) is 10.4 Å². The summed E-state index contributed by atoms with van der Waals surface area (Å²) in [5, 5.41) is 12.3. The number of rotatable bonds is 5. The highest BCUT2D eigenvalue weighted by Crippen LogP contribution is 2.38. The number of carbonyl (C=O) groups excluding carboxylic acids is 1. The van der Waals surface area contributed by atoms with Crippen molar-refractivity contribution in [3.05, 3.63) is 78.5 Å². The van der Waals surface area contributed by atoms with Gasteiger partial charge in [-0.15, -0.1) is 11.3 Å². The minimum absolute atomic E-state index is 0.145. The molecule has 0 radical (unpaired) electrons. The Labute approximate surface area is 188 Å². The van der Waals surface area contributed by atoms with E-state index in [4.69, 9.17) is 0 Å². The fourth-order valence-electron chi connectivity index (χ4n) is 3.68. The number of amides is 1. The van der Waals surface area contributed by atoms with Crippen molar-refractivity contribution < 1.29 is 13.2 Å². The Morgan fingerprint density at radius 3 is 2.56 bits per heavy atom. The standard InChI is InChI=1S/C24H19N3O3S2/c1-32(29,30)19-8-6-15(7-9-19)10-23(28)26-18-11-17-14-25-27-24(17)20(13-18)22-12-16-4-2-3-5-21(16)31-22/h2-9,11-14H,10H2,1H3,(H,25,27)(H,26,28). The molecule has 0 aliphatic rings. The molecule has 0 fully saturated rings. The molecule has 32 heavy (non-hydrogen) atoms. The monoisotopic (exact) mass is 461 g/mol. The molecule has 0 unspecified atom stereocenters. The van der Waals surface area contributed by atoms with E-state index < -0.39 is 9.84 Å². The molecule has 0 aliphatic heterocycles. The van der Waals surface area contributed by atoms with Gasteiger partial charge in [0.05, 0.1) is 23.0 Å². The van der Waals surface area contributed by atoms with Gasteiger partial charge in [-0.25, -0.2) is 8.42 Å². The van der Waals surface area contributed by atoms with Crippen LogP contribution in [0.1, 0.15) is 5.56 Å². The summed E-state index contributed by atoms with van der Waals surface area (Å²) in [5.41, 5.74) is 3.33. The number of carbonyl (C=O) groups is 1. The van der Waals surface area contributed by atoms with Crippen LogP contribution in [0.15, 0.2) is 77.8 Å². The van der Waals surface area contributed by atoms with Gasteiger partial charge in [-0.1, -0.05) is 30.3 Å². The fourth-order valence-corrected chi connectivity index (χ4v) is 5.40. The minimum atomic E-state index is -3.26. The molecular formula is C24H19N3O3S2. The van der Waals surface area contributed by atoms with Crippen molar-refractivity contribution in [3.63, 3.8) is 0 Å². The Bertz CT molecular complexity index is 1530. The second-order valence-electron chi connectivity index (χ2n) is 7.65. The van der Waals surface area contributed by atoms with Crippen molar-refractivity contribution in [1.82, 2.24) is 10.2 Å². The van der Waals surface area contributed by atoms with Crippen LogP contribution in [0.4, 0.5) is 5.69 Å². The lowest BCUT2D eigenvalue weighted by molar-refractivity contribution is -0.115. The van der Waals surface area contributed by atoms with Crippen LogP contribution < -0.4 is 5.32 Å². The first-order valence-electron chi connectivity index (χ1n) is 9.92. The van der Waals surface area contributed by atoms with E-state index in [0.717, 1.165) is 33.2 Å². The van der Waals surface area contributed by atoms with E-state index in [1.165, 1.54) is 22.2 Å². The Morgan fingerprint density at radius 2 is 1.81 bits per heavy atom. The van der Waals surface area contributed by atoms with Crippen molar-refractivity contribution in [1.29, 1.82) is 0 Å². The van der Waals surface area contributed by atoms with Crippen molar-refractivity contribution in [2.45, 2.75) is 11.3 Å². The van der Waals surface area contributed by atoms with Crippen LogP contribution in [-0.2, 0) is 21.1 Å². The molecule has 0 atom stereocenters. The maximum Gasteiger partial charge on any atom is 0.228 e. The van der Waals surface area contributed by atoms with Crippen LogP contribution >= 0.6 is 11.3 Å². The molecule has 5 rings (SSSR count). The first kappa shape index (κ1) is 20.4. The van der Waals surface area contributed by atoms with E-state index in [-0.39, 0.29) is 17.2 Å². The van der Waals surface area contributed by atoms with Gasteiger partial charge < -0.3 is 5.32 Å². The number of H-pyrrole nitrogens is 1. The Morgan fingerprint density at radius 1 is 1.03 bits per heavy atom. The SMILES string of the molecule is CS(=O)(=O)c1ccc(CC(=O)Nc2cc(-c3cc4ccccc4s3)c3[nH]ncc3c2)cc1. The number of nitrogens with one attached hydrogen (secondary N) is 2. The molecule has 2 N–H and O–H groups in total. The summed E-state index contributed by atoms with van der Waals surface area (Å²) in [6, 6.07) is 20.6. The largest absolute Gasteiger partial charge is 0.326 e. The predicted molar refractivity (Wildman–Crippen MR) is 129 cm³/mol. The van der Waals surface area contributed by atoms with Gasteiger partial charge in [-0.05, 0) is 47.3 Å². The maximum absolute atomic E-state index is 12.7. The highest BCUT2D eigenvalue weighted by atomic mass is 32.2. The zero-order valence-electron chi connectivity index (χ0n) is 17.1. The molecule has 1 amide bonds. The zero-order valence-corrected chi connectivity index (χ0v) is 18.8. The molecule has 0 saturated heterocycles. The lowest BCUT2D eigenvalue weighted by Crippen LogP contribution is -2.14. The summed E-state index contributed by atoms with van der Waals surface area (Å²) in [4.78, 5) is 14.0. The lowest BCUT2D eigenvalue weighted by atomic mass is 10.1. The number of fused-ring (bicyclic) bond motifs is 2. The number of hydrogen-bond acceptors (Lipinski definition) is 5. The summed E-state index contributed by atoms with van der Waals surface area (Å²) in [7, 11) is -3.26. The van der Waals surface area contributed by atoms with Gasteiger partial charge in [0, 0.05) is 32.5 Å². The number of nitrogens with zero attached hydrogens (tertiary/aromatic N) is 1. The third kappa shape index (κ3) is 4.02. The summed E-state index contributed by atoms with van der Waals surface area (Å²) in [6.07, 6.45) is 3.05. The molecule has 0 aliphatic carbocycles. The lowest BCUT2D eigenvalue weighted by Gasteiger charge is -2.09. The molecule has 2 heterocycles. The molecule has 2 aromatic heterocycles. The smallest absolute Gasteiger partial charge is 0.228 e. The van der Waals surface area contributed by atoms with Gasteiger partial charge in [0.1, 0.15) is 0 Å². The van der Waals surface area contributed by atoms with Gasteiger partial charge in [-0.2, -0.15) is 5.10 Å². The summed E-state index contributed by atoms with van der Waals surface area (Å²) >= 11 is 1.69. The quantitative estimate of drug-likeness (QED) is 0.384. The third-order valence-corrected chi connectivity index (χ3v) is 7.52. The van der Waals surface area contributed by atoms with Gasteiger partial charge in [0.15, 0.2) is 9.84 Å². The number of thiophene rings is 1. The van der Waals surface area contributed by atoms with Crippen LogP contribution in [-0.4, -0.2) is 30.8 Å². The van der Waals surface area contributed by atoms with E-state index in [2.05, 4.69) is 33.7 Å². The zero-order chi connectivity index (χ0) is 22.3. The van der Waals surface area contributed by atoms with Crippen LogP contribution in [0.2, 0.25) is 0 Å². The number of aromatic amines is 1. The normalized spacial score (nSPS) is 11.8.